The minimum absolute atomic E-state index is 0.0549. The van der Waals surface area contributed by atoms with Gasteiger partial charge in [0, 0.05) is 32.7 Å². The quantitative estimate of drug-likeness (QED) is 0.611. The molecule has 0 aromatic heterocycles. The fourth-order valence-electron chi connectivity index (χ4n) is 2.29. The zero-order chi connectivity index (χ0) is 9.97. The van der Waals surface area contributed by atoms with Gasteiger partial charge in [0.25, 0.3) is 0 Å². The van der Waals surface area contributed by atoms with Gasteiger partial charge in [-0.2, -0.15) is 0 Å². The molecule has 2 fully saturated rings. The van der Waals surface area contributed by atoms with Crippen LogP contribution >= 0.6 is 0 Å². The van der Waals surface area contributed by atoms with E-state index < -0.39 is 0 Å². The molecule has 0 aliphatic carbocycles. The minimum atomic E-state index is 0.0549. The Morgan fingerprint density at radius 2 is 2.14 bits per heavy atom. The first-order chi connectivity index (χ1) is 6.81. The summed E-state index contributed by atoms with van der Waals surface area (Å²) in [6, 6.07) is 0.0549. The van der Waals surface area contributed by atoms with Gasteiger partial charge in [-0.05, 0) is 11.8 Å². The van der Waals surface area contributed by atoms with Gasteiger partial charge in [0.15, 0.2) is 0 Å². The highest BCUT2D eigenvalue weighted by molar-refractivity contribution is 5.74. The first-order valence-electron chi connectivity index (χ1n) is 5.15. The maximum Gasteiger partial charge on any atom is 0.317 e. The summed E-state index contributed by atoms with van der Waals surface area (Å²) in [4.78, 5) is 13.5. The zero-order valence-electron chi connectivity index (χ0n) is 8.33. The molecule has 2 N–H and O–H groups in total. The van der Waals surface area contributed by atoms with Crippen molar-refractivity contribution >= 4 is 6.03 Å². The van der Waals surface area contributed by atoms with E-state index in [1.165, 1.54) is 0 Å². The Bertz CT molecular complexity index is 230. The van der Waals surface area contributed by atoms with E-state index in [0.29, 0.717) is 18.4 Å². The fraction of sp³-hybridized carbons (Fsp3) is 0.700. The highest BCUT2D eigenvalue weighted by Gasteiger charge is 2.37. The van der Waals surface area contributed by atoms with Crippen molar-refractivity contribution in [2.24, 2.45) is 11.8 Å². The van der Waals surface area contributed by atoms with E-state index in [-0.39, 0.29) is 6.03 Å². The van der Waals surface area contributed by atoms with Crippen molar-refractivity contribution in [1.29, 1.82) is 0 Å². The summed E-state index contributed by atoms with van der Waals surface area (Å²) in [6.07, 6.45) is 1.70. The zero-order valence-corrected chi connectivity index (χ0v) is 8.33. The van der Waals surface area contributed by atoms with E-state index in [1.54, 1.807) is 6.08 Å². The number of rotatable bonds is 2. The molecule has 0 aromatic carbocycles. The topological polar surface area (TPSA) is 44.4 Å². The Labute approximate surface area is 84.3 Å². The van der Waals surface area contributed by atoms with Gasteiger partial charge in [-0.3, -0.25) is 0 Å². The van der Waals surface area contributed by atoms with Crippen molar-refractivity contribution in [2.45, 2.75) is 0 Å². The third kappa shape index (κ3) is 1.75. The average molecular weight is 195 g/mol. The first-order valence-corrected chi connectivity index (χ1v) is 5.15. The van der Waals surface area contributed by atoms with Crippen molar-refractivity contribution in [1.82, 2.24) is 15.5 Å². The van der Waals surface area contributed by atoms with Crippen molar-refractivity contribution in [3.8, 4) is 0 Å². The number of hydrogen-bond acceptors (Lipinski definition) is 2. The first kappa shape index (κ1) is 9.52. The Hall–Kier alpha value is -1.03. The molecule has 4 nitrogen and oxygen atoms in total. The van der Waals surface area contributed by atoms with Gasteiger partial charge in [0.1, 0.15) is 0 Å². The summed E-state index contributed by atoms with van der Waals surface area (Å²) >= 11 is 0. The van der Waals surface area contributed by atoms with Crippen LogP contribution in [0, 0.1) is 11.8 Å². The molecule has 0 saturated carbocycles. The predicted octanol–water partition coefficient (Wildman–Crippen LogP) is 0.0332. The van der Waals surface area contributed by atoms with E-state index in [9.17, 15) is 4.79 Å². The molecule has 2 saturated heterocycles. The molecule has 4 heteroatoms. The summed E-state index contributed by atoms with van der Waals surface area (Å²) in [5.74, 6) is 1.34. The number of nitrogens with zero attached hydrogens (tertiary/aromatic N) is 1. The number of carbonyl (C=O) groups excluding carboxylic acids is 1. The standard InChI is InChI=1S/C10H17N3O/c1-2-3-12-10(14)13-6-8-4-11-5-9(8)7-13/h2,8-9,11H,1,3-7H2,(H,12,14). The van der Waals surface area contributed by atoms with E-state index >= 15 is 0 Å². The molecule has 78 valence electrons. The molecule has 2 amide bonds. The monoisotopic (exact) mass is 195 g/mol. The average Bonchev–Trinajstić information content (AvgIpc) is 2.72. The van der Waals surface area contributed by atoms with Crippen LogP contribution in [0.2, 0.25) is 0 Å². The van der Waals surface area contributed by atoms with Crippen LogP contribution in [0.15, 0.2) is 12.7 Å². The normalized spacial score (nSPS) is 30.1. The lowest BCUT2D eigenvalue weighted by atomic mass is 10.0. The maximum atomic E-state index is 11.6. The summed E-state index contributed by atoms with van der Waals surface area (Å²) in [5.41, 5.74) is 0. The van der Waals surface area contributed by atoms with Crippen molar-refractivity contribution < 1.29 is 4.79 Å². The van der Waals surface area contributed by atoms with Gasteiger partial charge < -0.3 is 15.5 Å². The van der Waals surface area contributed by atoms with Gasteiger partial charge in [0.2, 0.25) is 0 Å². The number of nitrogens with one attached hydrogen (secondary N) is 2. The van der Waals surface area contributed by atoms with Crippen LogP contribution < -0.4 is 10.6 Å². The lowest BCUT2D eigenvalue weighted by Gasteiger charge is -2.17. The number of urea groups is 1. The third-order valence-corrected chi connectivity index (χ3v) is 3.07. The second-order valence-corrected chi connectivity index (χ2v) is 4.06. The third-order valence-electron chi connectivity index (χ3n) is 3.07. The van der Waals surface area contributed by atoms with Crippen molar-refractivity contribution in [2.75, 3.05) is 32.7 Å². The van der Waals surface area contributed by atoms with Crippen molar-refractivity contribution in [3.05, 3.63) is 12.7 Å². The number of carbonyl (C=O) groups is 1. The van der Waals surface area contributed by atoms with Gasteiger partial charge in [-0.15, -0.1) is 6.58 Å². The predicted molar refractivity (Wildman–Crippen MR) is 55.0 cm³/mol. The van der Waals surface area contributed by atoms with E-state index in [4.69, 9.17) is 0 Å². The van der Waals surface area contributed by atoms with Crippen LogP contribution in [0.25, 0.3) is 0 Å². The molecule has 2 rings (SSSR count). The molecule has 0 radical (unpaired) electrons. The van der Waals surface area contributed by atoms with Crippen LogP contribution in [-0.4, -0.2) is 43.7 Å². The lowest BCUT2D eigenvalue weighted by Crippen LogP contribution is -2.39. The second kappa shape index (κ2) is 4.00. The summed E-state index contributed by atoms with van der Waals surface area (Å²) in [7, 11) is 0. The van der Waals surface area contributed by atoms with E-state index in [0.717, 1.165) is 26.2 Å². The molecular weight excluding hydrogens is 178 g/mol. The largest absolute Gasteiger partial charge is 0.335 e. The highest BCUT2D eigenvalue weighted by atomic mass is 16.2. The van der Waals surface area contributed by atoms with Crippen LogP contribution in [0.4, 0.5) is 4.79 Å². The van der Waals surface area contributed by atoms with E-state index in [1.807, 2.05) is 4.90 Å². The SMILES string of the molecule is C=CCNC(=O)N1CC2CNCC2C1. The van der Waals surface area contributed by atoms with Gasteiger partial charge in [0.05, 0.1) is 0 Å². The number of likely N-dealkylation sites (tertiary alicyclic amines) is 1. The summed E-state index contributed by atoms with van der Waals surface area (Å²) in [5, 5.41) is 6.16. The number of fused-ring (bicyclic) bond motifs is 1. The Balaban J connectivity index is 1.83. The number of hydrogen-bond donors (Lipinski definition) is 2. The highest BCUT2D eigenvalue weighted by Crippen LogP contribution is 2.25. The van der Waals surface area contributed by atoms with Crippen molar-refractivity contribution in [3.63, 3.8) is 0 Å². The fourth-order valence-corrected chi connectivity index (χ4v) is 2.29. The van der Waals surface area contributed by atoms with Crippen LogP contribution in [0.3, 0.4) is 0 Å². The molecule has 2 atom stereocenters. The Morgan fingerprint density at radius 3 is 2.71 bits per heavy atom. The molecule has 0 bridgehead atoms. The minimum Gasteiger partial charge on any atom is -0.335 e. The molecule has 2 aliphatic heterocycles. The molecule has 0 spiro atoms. The number of amides is 2. The maximum absolute atomic E-state index is 11.6. The molecule has 0 aromatic rings. The van der Waals surface area contributed by atoms with Gasteiger partial charge in [-0.1, -0.05) is 6.08 Å². The molecular formula is C10H17N3O. The van der Waals surface area contributed by atoms with Crippen LogP contribution in [-0.2, 0) is 0 Å². The van der Waals surface area contributed by atoms with E-state index in [2.05, 4.69) is 17.2 Å². The lowest BCUT2D eigenvalue weighted by molar-refractivity contribution is 0.206. The second-order valence-electron chi connectivity index (χ2n) is 4.06. The van der Waals surface area contributed by atoms with Crippen LogP contribution in [0.5, 0.6) is 0 Å². The smallest absolute Gasteiger partial charge is 0.317 e. The molecule has 2 aliphatic rings. The molecule has 2 heterocycles. The van der Waals surface area contributed by atoms with Crippen LogP contribution in [0.1, 0.15) is 0 Å². The van der Waals surface area contributed by atoms with Gasteiger partial charge in [-0.25, -0.2) is 4.79 Å². The summed E-state index contributed by atoms with van der Waals surface area (Å²) in [6.45, 7) is 8.07. The molecule has 14 heavy (non-hydrogen) atoms. The summed E-state index contributed by atoms with van der Waals surface area (Å²) < 4.78 is 0. The Kier molecular flexibility index (Phi) is 2.72. The van der Waals surface area contributed by atoms with Gasteiger partial charge >= 0.3 is 6.03 Å². The molecule has 2 unspecified atom stereocenters. The Morgan fingerprint density at radius 1 is 1.50 bits per heavy atom.